The zero-order valence-electron chi connectivity index (χ0n) is 12.9. The molecule has 0 amide bonds. The highest BCUT2D eigenvalue weighted by Crippen LogP contribution is 2.23. The Bertz CT molecular complexity index is 588. The van der Waals surface area contributed by atoms with Crippen LogP contribution < -0.4 is 0 Å². The van der Waals surface area contributed by atoms with Crippen LogP contribution in [0.4, 0.5) is 0 Å². The molecule has 118 valence electrons. The van der Waals surface area contributed by atoms with Crippen molar-refractivity contribution >= 4 is 10.0 Å². The van der Waals surface area contributed by atoms with Crippen LogP contribution in [0.15, 0.2) is 29.2 Å². The van der Waals surface area contributed by atoms with Gasteiger partial charge in [-0.15, -0.1) is 0 Å². The van der Waals surface area contributed by atoms with Crippen LogP contribution in [0.2, 0.25) is 0 Å². The zero-order valence-corrected chi connectivity index (χ0v) is 13.7. The largest absolute Gasteiger partial charge is 0.388 e. The van der Waals surface area contributed by atoms with E-state index >= 15 is 0 Å². The van der Waals surface area contributed by atoms with E-state index in [9.17, 15) is 13.5 Å². The van der Waals surface area contributed by atoms with Gasteiger partial charge in [0.1, 0.15) is 0 Å². The highest BCUT2D eigenvalue weighted by atomic mass is 32.2. The molecule has 1 aromatic carbocycles. The number of benzene rings is 1. The maximum absolute atomic E-state index is 12.7. The van der Waals surface area contributed by atoms with Gasteiger partial charge in [0, 0.05) is 25.7 Å². The predicted octanol–water partition coefficient (Wildman–Crippen LogP) is 1.45. The molecule has 0 aliphatic carbocycles. The van der Waals surface area contributed by atoms with Crippen LogP contribution >= 0.6 is 0 Å². The fraction of sp³-hybridized carbons (Fsp3) is 0.600. The van der Waals surface area contributed by atoms with E-state index < -0.39 is 16.1 Å². The number of aliphatic hydroxyl groups excluding tert-OH is 1. The van der Waals surface area contributed by atoms with Crippen LogP contribution in [0.5, 0.6) is 0 Å². The van der Waals surface area contributed by atoms with Crippen molar-refractivity contribution in [3.8, 4) is 0 Å². The fourth-order valence-corrected chi connectivity index (χ4v) is 4.07. The number of nitrogens with zero attached hydrogens (tertiary/aromatic N) is 2. The molecular formula is C15H24N2O3S. The Morgan fingerprint density at radius 1 is 1.38 bits per heavy atom. The third-order valence-electron chi connectivity index (χ3n) is 4.19. The summed E-state index contributed by atoms with van der Waals surface area (Å²) in [5.41, 5.74) is 0.653. The van der Waals surface area contributed by atoms with Gasteiger partial charge in [-0.05, 0) is 38.1 Å². The molecule has 0 spiro atoms. The molecule has 6 heteroatoms. The van der Waals surface area contributed by atoms with E-state index in [2.05, 4.69) is 4.90 Å². The van der Waals surface area contributed by atoms with Crippen LogP contribution in [0.1, 0.15) is 31.9 Å². The first-order valence-electron chi connectivity index (χ1n) is 7.34. The van der Waals surface area contributed by atoms with Crippen LogP contribution in [-0.2, 0) is 10.0 Å². The third-order valence-corrected chi connectivity index (χ3v) is 6.05. The fourth-order valence-electron chi connectivity index (χ4n) is 2.50. The van der Waals surface area contributed by atoms with Gasteiger partial charge >= 0.3 is 0 Å². The summed E-state index contributed by atoms with van der Waals surface area (Å²) in [7, 11) is -1.48. The van der Waals surface area contributed by atoms with Crippen molar-refractivity contribution in [3.05, 3.63) is 29.8 Å². The minimum atomic E-state index is -3.49. The summed E-state index contributed by atoms with van der Waals surface area (Å²) >= 11 is 0. The van der Waals surface area contributed by atoms with Crippen molar-refractivity contribution in [2.45, 2.75) is 37.3 Å². The molecule has 2 rings (SSSR count). The molecule has 0 radical (unpaired) electrons. The average Bonchev–Trinajstić information content (AvgIpc) is 2.49. The second-order valence-electron chi connectivity index (χ2n) is 5.69. The Labute approximate surface area is 127 Å². The van der Waals surface area contributed by atoms with Crippen LogP contribution in [0, 0.1) is 0 Å². The molecule has 1 heterocycles. The monoisotopic (exact) mass is 312 g/mol. The maximum Gasteiger partial charge on any atom is 0.243 e. The van der Waals surface area contributed by atoms with Crippen LogP contribution in [0.3, 0.4) is 0 Å². The molecule has 1 aliphatic rings. The summed E-state index contributed by atoms with van der Waals surface area (Å²) in [5, 5.41) is 9.89. The average molecular weight is 312 g/mol. The van der Waals surface area contributed by atoms with Crippen molar-refractivity contribution < 1.29 is 13.5 Å². The summed E-state index contributed by atoms with van der Waals surface area (Å²) in [6.07, 6.45) is -0.0544. The van der Waals surface area contributed by atoms with Gasteiger partial charge < -0.3 is 10.0 Å². The lowest BCUT2D eigenvalue weighted by atomic mass is 10.1. The van der Waals surface area contributed by atoms with Crippen molar-refractivity contribution in [1.29, 1.82) is 0 Å². The normalized spacial score (nSPS) is 23.1. The zero-order chi connectivity index (χ0) is 15.6. The van der Waals surface area contributed by atoms with E-state index in [1.807, 2.05) is 20.9 Å². The first-order valence-corrected chi connectivity index (χ1v) is 8.78. The molecule has 1 saturated heterocycles. The third kappa shape index (κ3) is 3.45. The lowest BCUT2D eigenvalue weighted by Crippen LogP contribution is -2.51. The summed E-state index contributed by atoms with van der Waals surface area (Å²) in [5.74, 6) is 0. The van der Waals surface area contributed by atoms with Crippen molar-refractivity contribution in [1.82, 2.24) is 9.21 Å². The molecule has 2 atom stereocenters. The molecule has 21 heavy (non-hydrogen) atoms. The maximum atomic E-state index is 12.7. The second kappa shape index (κ2) is 6.44. The SMILES string of the molecule is CCC(O)c1cccc(S(=O)(=O)N2CCN(C)C(C)C2)c1. The smallest absolute Gasteiger partial charge is 0.243 e. The topological polar surface area (TPSA) is 60.9 Å². The summed E-state index contributed by atoms with van der Waals surface area (Å²) in [4.78, 5) is 2.42. The van der Waals surface area contributed by atoms with E-state index in [1.54, 1.807) is 24.3 Å². The second-order valence-corrected chi connectivity index (χ2v) is 7.63. The van der Waals surface area contributed by atoms with Crippen LogP contribution in [-0.4, -0.2) is 55.5 Å². The molecule has 1 aliphatic heterocycles. The van der Waals surface area contributed by atoms with Gasteiger partial charge in [0.2, 0.25) is 10.0 Å². The Balaban J connectivity index is 2.27. The summed E-state index contributed by atoms with van der Waals surface area (Å²) < 4.78 is 27.0. The molecule has 0 aromatic heterocycles. The number of likely N-dealkylation sites (N-methyl/N-ethyl adjacent to an activating group) is 1. The molecule has 0 saturated carbocycles. The van der Waals surface area contributed by atoms with Gasteiger partial charge in [0.25, 0.3) is 0 Å². The van der Waals surface area contributed by atoms with Gasteiger partial charge in [-0.1, -0.05) is 19.1 Å². The number of rotatable bonds is 4. The van der Waals surface area contributed by atoms with Crippen LogP contribution in [0.25, 0.3) is 0 Å². The molecule has 2 unspecified atom stereocenters. The quantitative estimate of drug-likeness (QED) is 0.914. The predicted molar refractivity (Wildman–Crippen MR) is 82.5 cm³/mol. The Morgan fingerprint density at radius 3 is 2.71 bits per heavy atom. The minimum Gasteiger partial charge on any atom is -0.388 e. The molecule has 1 aromatic rings. The van der Waals surface area contributed by atoms with Crippen molar-refractivity contribution in [2.75, 3.05) is 26.7 Å². The molecule has 1 N–H and O–H groups in total. The van der Waals surface area contributed by atoms with Gasteiger partial charge in [-0.25, -0.2) is 8.42 Å². The van der Waals surface area contributed by atoms with Gasteiger partial charge in [0.05, 0.1) is 11.0 Å². The van der Waals surface area contributed by atoms with Gasteiger partial charge in [-0.3, -0.25) is 0 Å². The summed E-state index contributed by atoms with van der Waals surface area (Å²) in [6.45, 7) is 5.63. The molecular weight excluding hydrogens is 288 g/mol. The number of hydrogen-bond acceptors (Lipinski definition) is 4. The first kappa shape index (κ1) is 16.4. The number of sulfonamides is 1. The minimum absolute atomic E-state index is 0.206. The number of piperazine rings is 1. The number of aliphatic hydroxyl groups is 1. The standard InChI is InChI=1S/C15H24N2O3S/c1-4-15(18)13-6-5-7-14(10-13)21(19,20)17-9-8-16(3)12(2)11-17/h5-7,10,12,15,18H,4,8-9,11H2,1-3H3. The van der Waals surface area contributed by atoms with E-state index in [0.29, 0.717) is 25.1 Å². The van der Waals surface area contributed by atoms with Crippen molar-refractivity contribution in [2.24, 2.45) is 0 Å². The van der Waals surface area contributed by atoms with E-state index in [0.717, 1.165) is 6.54 Å². The van der Waals surface area contributed by atoms with Crippen molar-refractivity contribution in [3.63, 3.8) is 0 Å². The summed E-state index contributed by atoms with van der Waals surface area (Å²) in [6, 6.07) is 6.86. The lowest BCUT2D eigenvalue weighted by molar-refractivity contribution is 0.159. The highest BCUT2D eigenvalue weighted by molar-refractivity contribution is 7.89. The van der Waals surface area contributed by atoms with Gasteiger partial charge in [0.15, 0.2) is 0 Å². The first-order chi connectivity index (χ1) is 9.86. The molecule has 1 fully saturated rings. The van der Waals surface area contributed by atoms with E-state index in [1.165, 1.54) is 4.31 Å². The van der Waals surface area contributed by atoms with E-state index in [-0.39, 0.29) is 10.9 Å². The Kier molecular flexibility index (Phi) is 5.03. The highest BCUT2D eigenvalue weighted by Gasteiger charge is 2.31. The Hall–Kier alpha value is -0.950. The lowest BCUT2D eigenvalue weighted by Gasteiger charge is -2.36. The van der Waals surface area contributed by atoms with Gasteiger partial charge in [-0.2, -0.15) is 4.31 Å². The Morgan fingerprint density at radius 2 is 2.10 bits per heavy atom. The molecule has 0 bridgehead atoms. The number of hydrogen-bond donors (Lipinski definition) is 1. The molecule has 5 nitrogen and oxygen atoms in total. The van der Waals surface area contributed by atoms with E-state index in [4.69, 9.17) is 0 Å².